The zero-order chi connectivity index (χ0) is 14.6. The van der Waals surface area contributed by atoms with Crippen LogP contribution in [0.1, 0.15) is 17.3 Å². The highest BCUT2D eigenvalue weighted by atomic mass is 35.5. The molecule has 0 aliphatic carbocycles. The van der Waals surface area contributed by atoms with E-state index in [2.05, 4.69) is 10.1 Å². The lowest BCUT2D eigenvalue weighted by Gasteiger charge is -2.19. The van der Waals surface area contributed by atoms with Gasteiger partial charge in [-0.05, 0) is 25.1 Å². The van der Waals surface area contributed by atoms with Crippen molar-refractivity contribution in [3.63, 3.8) is 0 Å². The topological polar surface area (TPSA) is 75.6 Å². The van der Waals surface area contributed by atoms with Crippen LogP contribution in [0.3, 0.4) is 0 Å². The Kier molecular flexibility index (Phi) is 5.60. The molecule has 1 aromatic carbocycles. The SMILES string of the molecule is COC(=O)[C@@H](NC(=O)c1ccc(Cl)cc1Cl)[C@H](C)O. The van der Waals surface area contributed by atoms with Crippen molar-refractivity contribution in [2.24, 2.45) is 0 Å². The Morgan fingerprint density at radius 2 is 2.00 bits per heavy atom. The van der Waals surface area contributed by atoms with Gasteiger partial charge in [-0.1, -0.05) is 23.2 Å². The fraction of sp³-hybridized carbons (Fsp3) is 0.333. The first-order valence-electron chi connectivity index (χ1n) is 5.38. The van der Waals surface area contributed by atoms with Gasteiger partial charge in [0.15, 0.2) is 6.04 Å². The van der Waals surface area contributed by atoms with E-state index >= 15 is 0 Å². The number of nitrogens with one attached hydrogen (secondary N) is 1. The summed E-state index contributed by atoms with van der Waals surface area (Å²) in [6.45, 7) is 1.37. The third-order valence-corrected chi connectivity index (χ3v) is 2.95. The van der Waals surface area contributed by atoms with Crippen LogP contribution in [0.2, 0.25) is 10.0 Å². The number of hydrogen-bond donors (Lipinski definition) is 2. The summed E-state index contributed by atoms with van der Waals surface area (Å²) in [5.74, 6) is -1.34. The molecule has 0 radical (unpaired) electrons. The van der Waals surface area contributed by atoms with Gasteiger partial charge in [0, 0.05) is 5.02 Å². The molecule has 104 valence electrons. The molecule has 0 saturated heterocycles. The largest absolute Gasteiger partial charge is 0.467 e. The van der Waals surface area contributed by atoms with Gasteiger partial charge in [0.2, 0.25) is 0 Å². The minimum absolute atomic E-state index is 0.152. The minimum atomic E-state index is -1.16. The van der Waals surface area contributed by atoms with Crippen LogP contribution in [0.15, 0.2) is 18.2 Å². The summed E-state index contributed by atoms with van der Waals surface area (Å²) in [5, 5.41) is 12.3. The molecule has 5 nitrogen and oxygen atoms in total. The molecular formula is C12H13Cl2NO4. The predicted molar refractivity (Wildman–Crippen MR) is 71.4 cm³/mol. The number of esters is 1. The lowest BCUT2D eigenvalue weighted by molar-refractivity contribution is -0.145. The van der Waals surface area contributed by atoms with Crippen LogP contribution in [0.4, 0.5) is 0 Å². The van der Waals surface area contributed by atoms with Crippen LogP contribution >= 0.6 is 23.2 Å². The average Bonchev–Trinajstić information content (AvgIpc) is 2.34. The highest BCUT2D eigenvalue weighted by Gasteiger charge is 2.27. The molecule has 0 spiro atoms. The number of halogens is 2. The molecule has 0 aromatic heterocycles. The van der Waals surface area contributed by atoms with E-state index in [-0.39, 0.29) is 10.6 Å². The Hall–Kier alpha value is -1.30. The summed E-state index contributed by atoms with van der Waals surface area (Å²) in [6.07, 6.45) is -1.09. The molecule has 0 saturated carbocycles. The standard InChI is InChI=1S/C12H13Cl2NO4/c1-6(16)10(12(18)19-2)15-11(17)8-4-3-7(13)5-9(8)14/h3-6,10,16H,1-2H3,(H,15,17)/t6-,10-/m0/s1. The van der Waals surface area contributed by atoms with E-state index in [9.17, 15) is 14.7 Å². The fourth-order valence-corrected chi connectivity index (χ4v) is 1.89. The van der Waals surface area contributed by atoms with E-state index in [1.807, 2.05) is 0 Å². The van der Waals surface area contributed by atoms with Crippen LogP contribution < -0.4 is 5.32 Å². The van der Waals surface area contributed by atoms with Gasteiger partial charge >= 0.3 is 5.97 Å². The highest BCUT2D eigenvalue weighted by molar-refractivity contribution is 6.36. The Labute approximate surface area is 120 Å². The second-order valence-electron chi connectivity index (χ2n) is 3.84. The van der Waals surface area contributed by atoms with E-state index < -0.39 is 24.0 Å². The van der Waals surface area contributed by atoms with E-state index in [1.165, 1.54) is 32.2 Å². The molecule has 0 aliphatic rings. The van der Waals surface area contributed by atoms with Gasteiger partial charge in [0.05, 0.1) is 23.8 Å². The maximum atomic E-state index is 12.0. The van der Waals surface area contributed by atoms with E-state index in [0.29, 0.717) is 5.02 Å². The van der Waals surface area contributed by atoms with Crippen LogP contribution in [0.5, 0.6) is 0 Å². The van der Waals surface area contributed by atoms with Crippen molar-refractivity contribution in [1.29, 1.82) is 0 Å². The van der Waals surface area contributed by atoms with E-state index in [4.69, 9.17) is 23.2 Å². The fourth-order valence-electron chi connectivity index (χ4n) is 1.40. The molecule has 0 unspecified atom stereocenters. The van der Waals surface area contributed by atoms with Crippen molar-refractivity contribution in [3.05, 3.63) is 33.8 Å². The average molecular weight is 306 g/mol. The summed E-state index contributed by atoms with van der Waals surface area (Å²) >= 11 is 11.6. The van der Waals surface area contributed by atoms with Gasteiger partial charge in [-0.15, -0.1) is 0 Å². The summed E-state index contributed by atoms with van der Waals surface area (Å²) in [7, 11) is 1.17. The molecule has 0 aliphatic heterocycles. The molecule has 0 heterocycles. The maximum Gasteiger partial charge on any atom is 0.331 e. The van der Waals surface area contributed by atoms with Gasteiger partial charge in [0.25, 0.3) is 5.91 Å². The molecule has 2 N–H and O–H groups in total. The van der Waals surface area contributed by atoms with Crippen molar-refractivity contribution in [2.75, 3.05) is 7.11 Å². The smallest absolute Gasteiger partial charge is 0.331 e. The summed E-state index contributed by atoms with van der Waals surface area (Å²) in [6, 6.07) is 3.17. The molecule has 0 fully saturated rings. The second kappa shape index (κ2) is 6.75. The van der Waals surface area contributed by atoms with Gasteiger partial charge in [-0.2, -0.15) is 0 Å². The number of methoxy groups -OCH3 is 1. The Balaban J connectivity index is 2.91. The van der Waals surface area contributed by atoms with Crippen LogP contribution in [-0.2, 0) is 9.53 Å². The number of aliphatic hydroxyl groups excluding tert-OH is 1. The number of carbonyl (C=O) groups is 2. The second-order valence-corrected chi connectivity index (χ2v) is 4.68. The minimum Gasteiger partial charge on any atom is -0.467 e. The van der Waals surface area contributed by atoms with Crippen molar-refractivity contribution >= 4 is 35.1 Å². The van der Waals surface area contributed by atoms with Crippen LogP contribution in [0, 0.1) is 0 Å². The molecule has 1 aromatic rings. The van der Waals surface area contributed by atoms with Crippen molar-refractivity contribution in [1.82, 2.24) is 5.32 Å². The zero-order valence-electron chi connectivity index (χ0n) is 10.3. The van der Waals surface area contributed by atoms with Crippen LogP contribution in [-0.4, -0.2) is 36.2 Å². The van der Waals surface area contributed by atoms with Crippen molar-refractivity contribution < 1.29 is 19.4 Å². The van der Waals surface area contributed by atoms with Crippen molar-refractivity contribution in [3.8, 4) is 0 Å². The Morgan fingerprint density at radius 1 is 1.37 bits per heavy atom. The summed E-state index contributed by atoms with van der Waals surface area (Å²) in [5.41, 5.74) is 0.153. The Morgan fingerprint density at radius 3 is 2.47 bits per heavy atom. The molecule has 2 atom stereocenters. The number of benzene rings is 1. The Bertz CT molecular complexity index is 491. The highest BCUT2D eigenvalue weighted by Crippen LogP contribution is 2.21. The third-order valence-electron chi connectivity index (χ3n) is 2.40. The van der Waals surface area contributed by atoms with Gasteiger partial charge in [-0.25, -0.2) is 4.79 Å². The van der Waals surface area contributed by atoms with Gasteiger partial charge in [0.1, 0.15) is 0 Å². The predicted octanol–water partition coefficient (Wildman–Crippen LogP) is 1.65. The molecular weight excluding hydrogens is 293 g/mol. The number of amides is 1. The first-order chi connectivity index (χ1) is 8.86. The zero-order valence-corrected chi connectivity index (χ0v) is 11.8. The number of hydrogen-bond acceptors (Lipinski definition) is 4. The maximum absolute atomic E-state index is 12.0. The first-order valence-corrected chi connectivity index (χ1v) is 6.14. The summed E-state index contributed by atoms with van der Waals surface area (Å²) < 4.78 is 4.49. The lowest BCUT2D eigenvalue weighted by atomic mass is 10.1. The molecule has 1 rings (SSSR count). The number of rotatable bonds is 4. The van der Waals surface area contributed by atoms with E-state index in [1.54, 1.807) is 0 Å². The number of aliphatic hydroxyl groups is 1. The molecule has 19 heavy (non-hydrogen) atoms. The monoisotopic (exact) mass is 305 g/mol. The number of ether oxygens (including phenoxy) is 1. The number of carbonyl (C=O) groups excluding carboxylic acids is 2. The normalized spacial score (nSPS) is 13.5. The quantitative estimate of drug-likeness (QED) is 0.829. The van der Waals surface area contributed by atoms with E-state index in [0.717, 1.165) is 0 Å². The van der Waals surface area contributed by atoms with Crippen molar-refractivity contribution in [2.45, 2.75) is 19.1 Å². The molecule has 0 bridgehead atoms. The van der Waals surface area contributed by atoms with Crippen LogP contribution in [0.25, 0.3) is 0 Å². The first kappa shape index (κ1) is 15.8. The molecule has 7 heteroatoms. The summed E-state index contributed by atoms with van der Waals surface area (Å²) in [4.78, 5) is 23.4. The van der Waals surface area contributed by atoms with Gasteiger partial charge in [-0.3, -0.25) is 4.79 Å². The molecule has 1 amide bonds. The lowest BCUT2D eigenvalue weighted by Crippen LogP contribution is -2.48. The third kappa shape index (κ3) is 4.09. The van der Waals surface area contributed by atoms with Gasteiger partial charge < -0.3 is 15.2 Å².